The molecule has 2 aromatic heterocycles. The number of rotatable bonds is 3. The van der Waals surface area contributed by atoms with E-state index in [1.54, 1.807) is 11.1 Å². The Balaban J connectivity index is 0.000000687. The van der Waals surface area contributed by atoms with Crippen LogP contribution in [0, 0.1) is 0 Å². The Kier molecular flexibility index (Phi) is 7.91. The van der Waals surface area contributed by atoms with E-state index in [1.165, 1.54) is 41.6 Å². The maximum absolute atomic E-state index is 4.88. The molecule has 5 rings (SSSR count). The van der Waals surface area contributed by atoms with Gasteiger partial charge in [-0.2, -0.15) is 0 Å². The Morgan fingerprint density at radius 1 is 0.667 bits per heavy atom. The molecule has 0 saturated heterocycles. The molecule has 0 N–H and O–H groups in total. The quantitative estimate of drug-likeness (QED) is 0.287. The predicted molar refractivity (Wildman–Crippen MR) is 127 cm³/mol. The van der Waals surface area contributed by atoms with Crippen LogP contribution < -0.4 is 5.30 Å². The van der Waals surface area contributed by atoms with E-state index in [2.05, 4.69) is 54.6 Å². The van der Waals surface area contributed by atoms with E-state index in [0.717, 1.165) is 11.4 Å². The second kappa shape index (κ2) is 10.8. The summed E-state index contributed by atoms with van der Waals surface area (Å²) < 4.78 is 0. The van der Waals surface area contributed by atoms with Crippen LogP contribution in [0.5, 0.6) is 0 Å². The van der Waals surface area contributed by atoms with Crippen LogP contribution >= 0.6 is 26.8 Å². The van der Waals surface area contributed by atoms with E-state index < -0.39 is 24.4 Å². The molecule has 6 heteroatoms. The summed E-state index contributed by atoms with van der Waals surface area (Å²) in [7, 11) is 8.63. The summed E-state index contributed by atoms with van der Waals surface area (Å²) in [5, 5.41) is 4.41. The van der Waals surface area contributed by atoms with Crippen molar-refractivity contribution in [3.8, 4) is 0 Å². The third-order valence-corrected chi connectivity index (χ3v) is 8.50. The van der Waals surface area contributed by atoms with Gasteiger partial charge in [0.05, 0.1) is 0 Å². The van der Waals surface area contributed by atoms with Crippen molar-refractivity contribution < 1.29 is 16.5 Å². The number of pyridine rings is 2. The number of aromatic nitrogens is 2. The van der Waals surface area contributed by atoms with Crippen molar-refractivity contribution in [3.05, 3.63) is 102 Å². The van der Waals surface area contributed by atoms with Crippen LogP contribution in [0.3, 0.4) is 0 Å². The topological polar surface area (TPSA) is 25.8 Å². The third kappa shape index (κ3) is 4.63. The summed E-state index contributed by atoms with van der Waals surface area (Å²) in [6.07, 6.45) is 8.73. The molecule has 2 aliphatic rings. The monoisotopic (exact) mass is 634 g/mol. The number of fused-ring (bicyclic) bond motifs is 1. The first-order valence-corrected chi connectivity index (χ1v) is 17.0. The van der Waals surface area contributed by atoms with Crippen LogP contribution in [-0.2, 0) is 16.5 Å². The molecule has 0 atom stereocenters. The molecule has 1 aliphatic carbocycles. The molecule has 1 fully saturated rings. The summed E-state index contributed by atoms with van der Waals surface area (Å²) in [5.41, 5.74) is 5.41. The fourth-order valence-corrected chi connectivity index (χ4v) is 7.68. The van der Waals surface area contributed by atoms with Gasteiger partial charge in [0.15, 0.2) is 0 Å². The van der Waals surface area contributed by atoms with Crippen molar-refractivity contribution in [2.24, 2.45) is 0 Å². The summed E-state index contributed by atoms with van der Waals surface area (Å²) in [5.74, 6) is 0. The minimum Gasteiger partial charge on any atom is -0.253 e. The second-order valence-corrected chi connectivity index (χ2v) is 12.7. The van der Waals surface area contributed by atoms with E-state index in [-0.39, 0.29) is 0 Å². The van der Waals surface area contributed by atoms with Crippen molar-refractivity contribution >= 4 is 42.7 Å². The normalized spacial score (nSPS) is 16.3. The SMILES string of the molecule is [Cl][Pt][Cl].c1ccc([PH+]2C(c3ccccn3)=C3CCCCC3=C2c2ccccn2)cc1. The number of halogens is 2. The molecule has 1 aliphatic heterocycles. The maximum atomic E-state index is 4.88. The number of benzene rings is 1. The number of hydrogen-bond donors (Lipinski definition) is 0. The first-order chi connectivity index (χ1) is 14.8. The second-order valence-electron chi connectivity index (χ2n) is 7.13. The van der Waals surface area contributed by atoms with Gasteiger partial charge in [-0.3, -0.25) is 9.97 Å². The van der Waals surface area contributed by atoms with Gasteiger partial charge in [0.2, 0.25) is 0 Å². The average molecular weight is 635 g/mol. The molecule has 0 unspecified atom stereocenters. The van der Waals surface area contributed by atoms with E-state index in [1.807, 2.05) is 24.5 Å². The summed E-state index contributed by atoms with van der Waals surface area (Å²) in [4.78, 5) is 9.55. The fourth-order valence-electron chi connectivity index (χ4n) is 4.36. The van der Waals surface area contributed by atoms with E-state index in [0.29, 0.717) is 0 Å². The molecular weight excluding hydrogens is 613 g/mol. The van der Waals surface area contributed by atoms with Gasteiger partial charge in [0.25, 0.3) is 0 Å². The summed E-state index contributed by atoms with van der Waals surface area (Å²) in [6, 6.07) is 23.6. The van der Waals surface area contributed by atoms with Crippen molar-refractivity contribution in [1.29, 1.82) is 0 Å². The van der Waals surface area contributed by atoms with Crippen molar-refractivity contribution in [1.82, 2.24) is 9.97 Å². The molecule has 3 aromatic rings. The van der Waals surface area contributed by atoms with Gasteiger partial charge in [-0.1, -0.05) is 30.3 Å². The molecule has 0 spiro atoms. The van der Waals surface area contributed by atoms with Crippen LogP contribution in [0.4, 0.5) is 0 Å². The van der Waals surface area contributed by atoms with Crippen LogP contribution in [-0.4, -0.2) is 9.97 Å². The number of hydrogen-bond acceptors (Lipinski definition) is 2. The van der Waals surface area contributed by atoms with Crippen molar-refractivity contribution in [2.75, 3.05) is 0 Å². The van der Waals surface area contributed by atoms with Crippen molar-refractivity contribution in [3.63, 3.8) is 0 Å². The molecule has 0 bridgehead atoms. The third-order valence-electron chi connectivity index (χ3n) is 5.48. The number of nitrogens with zero attached hydrogens (tertiary/aromatic N) is 2. The fraction of sp³-hybridized carbons (Fsp3) is 0.167. The molecule has 30 heavy (non-hydrogen) atoms. The minimum absolute atomic E-state index is 0.472. The smallest absolute Gasteiger partial charge is 0.131 e. The first kappa shape index (κ1) is 21.9. The Bertz CT molecular complexity index is 975. The zero-order valence-corrected chi connectivity index (χ0v) is 21.1. The molecule has 156 valence electrons. The van der Waals surface area contributed by atoms with Gasteiger partial charge in [-0.15, -0.1) is 0 Å². The van der Waals surface area contributed by atoms with E-state index in [4.69, 9.17) is 28.8 Å². The molecule has 1 saturated carbocycles. The molecule has 3 heterocycles. The molecular formula is C24H22Cl2N2PPt+. The number of allylic oxidation sites excluding steroid dienone is 2. The van der Waals surface area contributed by atoms with Crippen LogP contribution in [0.25, 0.3) is 10.6 Å². The van der Waals surface area contributed by atoms with Gasteiger partial charge >= 0.3 is 35.3 Å². The van der Waals surface area contributed by atoms with E-state index in [9.17, 15) is 0 Å². The van der Waals surface area contributed by atoms with Crippen molar-refractivity contribution in [2.45, 2.75) is 25.7 Å². The van der Waals surface area contributed by atoms with Gasteiger partial charge in [-0.25, -0.2) is 0 Å². The Labute approximate surface area is 195 Å². The standard InChI is InChI=1S/C24H21N2P.2ClH.Pt/c1-2-10-18(11-3-1)27-23(21-14-6-8-16-25-21)19-12-4-5-13-20(19)24(27)22-15-7-9-17-26-22;;;/h1-3,6-11,14-17H,4-5,12-13H2;2*1H;/q;;;+2/p-1. The van der Waals surface area contributed by atoms with Gasteiger partial charge in [0.1, 0.15) is 35.2 Å². The average Bonchev–Trinajstić information content (AvgIpc) is 3.16. The maximum Gasteiger partial charge on any atom is 0.131 e. The van der Waals surface area contributed by atoms with Crippen LogP contribution in [0.1, 0.15) is 37.1 Å². The zero-order chi connectivity index (χ0) is 20.8. The van der Waals surface area contributed by atoms with E-state index >= 15 is 0 Å². The van der Waals surface area contributed by atoms with Gasteiger partial charge in [-0.05, 0) is 62.1 Å². The van der Waals surface area contributed by atoms with Crippen LogP contribution in [0.2, 0.25) is 0 Å². The zero-order valence-electron chi connectivity index (χ0n) is 16.3. The largest absolute Gasteiger partial charge is 0.253 e. The molecule has 0 radical (unpaired) electrons. The Hall–Kier alpha value is -1.30. The molecule has 1 aromatic carbocycles. The Morgan fingerprint density at radius 3 is 1.57 bits per heavy atom. The molecule has 0 amide bonds. The predicted octanol–water partition coefficient (Wildman–Crippen LogP) is 7.10. The Morgan fingerprint density at radius 2 is 1.13 bits per heavy atom. The summed E-state index contributed by atoms with van der Waals surface area (Å²) in [6.45, 7) is 0. The van der Waals surface area contributed by atoms with Crippen LogP contribution in [0.15, 0.2) is 90.3 Å². The first-order valence-electron chi connectivity index (χ1n) is 9.90. The summed E-state index contributed by atoms with van der Waals surface area (Å²) >= 11 is -0.472. The van der Waals surface area contributed by atoms with Gasteiger partial charge in [0, 0.05) is 23.5 Å². The minimum atomic E-state index is -1.12. The van der Waals surface area contributed by atoms with Gasteiger partial charge < -0.3 is 0 Å². The molecule has 2 nitrogen and oxygen atoms in total.